The Labute approximate surface area is 516 Å². The van der Waals surface area contributed by atoms with Crippen LogP contribution in [0.3, 0.4) is 0 Å². The van der Waals surface area contributed by atoms with E-state index in [0.717, 1.165) is 61.0 Å². The van der Waals surface area contributed by atoms with Crippen LogP contribution in [-0.2, 0) is 33.3 Å². The van der Waals surface area contributed by atoms with Gasteiger partial charge in [-0.3, -0.25) is 0 Å². The minimum Gasteiger partial charge on any atom is -0.493 e. The Morgan fingerprint density at radius 3 is 0.775 bits per heavy atom. The fourth-order valence-corrected chi connectivity index (χ4v) is 11.8. The molecule has 1 aliphatic heterocycles. The van der Waals surface area contributed by atoms with Gasteiger partial charge >= 0.3 is 20.4 Å². The maximum absolute atomic E-state index is 11.9. The van der Waals surface area contributed by atoms with E-state index in [4.69, 9.17) is 0 Å². The minimum atomic E-state index is 0. The van der Waals surface area contributed by atoms with Gasteiger partial charge in [0.2, 0.25) is 11.4 Å². The molecule has 80 heavy (non-hydrogen) atoms. The van der Waals surface area contributed by atoms with Gasteiger partial charge in [0.25, 0.3) is 0 Å². The van der Waals surface area contributed by atoms with Gasteiger partial charge in [-0.1, -0.05) is 342 Å². The first kappa shape index (κ1) is 78.2. The third-order valence-corrected chi connectivity index (χ3v) is 16.9. The van der Waals surface area contributed by atoms with Crippen LogP contribution in [-0.4, -0.2) is 4.70 Å². The van der Waals surface area contributed by atoms with Crippen molar-refractivity contribution in [2.24, 2.45) is 0 Å². The Kier molecular flexibility index (Phi) is 58.9. The van der Waals surface area contributed by atoms with E-state index in [1.807, 2.05) is 0 Å². The summed E-state index contributed by atoms with van der Waals surface area (Å²) in [6, 6.07) is 17.9. The molecule has 2 aromatic carbocycles. The fraction of sp³-hybridized carbons (Fsp3) is 0.766. The van der Waals surface area contributed by atoms with Crippen LogP contribution in [0.25, 0.3) is 16.9 Å². The SMILES string of the molecule is CCCCCC1=C(c2cccc(CCCC)c2)[N+](=[N-])C(c2cccc(CCCCC)c2)=C1CCCCC.[CH2-]CCCCCCCCCCCCCCCCCCCC.[CH2-]CCCCCCCCCCCCCCCCCCCC.[Pd+2]. The standard InChI is InChI=1S/C35H50N2.2C21H43.Pd/c1-5-9-13-19-29-21-17-23-31(27-29)35-33(25-15-11-7-3)32(24-14-10-6-2)34(37(35)36)30-22-16-20-28(26-30)18-12-8-4;2*1-3-5-7-9-11-13-15-17-19-21-20-18-16-14-12-10-8-6-4-2;/h16-17,20-23,26-27H,5-15,18-19,24-25H2,1-4H3;2*1,3-21H2,2H3;/q;2*-1;+2. The van der Waals surface area contributed by atoms with E-state index in [2.05, 4.69) is 104 Å². The van der Waals surface area contributed by atoms with Gasteiger partial charge in [-0.05, 0) is 86.8 Å². The summed E-state index contributed by atoms with van der Waals surface area (Å²) in [6.45, 7) is 21.4. The second kappa shape index (κ2) is 60.3. The van der Waals surface area contributed by atoms with Gasteiger partial charge in [-0.15, -0.1) is 0 Å². The zero-order valence-corrected chi connectivity index (χ0v) is 56.3. The molecule has 0 atom stereocenters. The summed E-state index contributed by atoms with van der Waals surface area (Å²) >= 11 is 0. The van der Waals surface area contributed by atoms with Crippen molar-refractivity contribution in [3.63, 3.8) is 0 Å². The molecule has 0 fully saturated rings. The van der Waals surface area contributed by atoms with Gasteiger partial charge in [0.05, 0.1) is 0 Å². The number of unbranched alkanes of at least 4 members (excludes halogenated alkanes) is 43. The van der Waals surface area contributed by atoms with Crippen molar-refractivity contribution in [1.82, 2.24) is 0 Å². The number of nitrogens with zero attached hydrogens (tertiary/aromatic N) is 2. The average Bonchev–Trinajstić information content (AvgIpc) is 3.74. The second-order valence-electron chi connectivity index (χ2n) is 24.6. The molecule has 1 heterocycles. The molecule has 464 valence electrons. The summed E-state index contributed by atoms with van der Waals surface area (Å²) in [5.41, 5.74) is 21.7. The molecule has 0 spiro atoms. The smallest absolute Gasteiger partial charge is 0.493 e. The minimum absolute atomic E-state index is 0. The maximum Gasteiger partial charge on any atom is 2.00 e. The molecule has 0 aliphatic carbocycles. The molecule has 0 radical (unpaired) electrons. The molecule has 2 nitrogen and oxygen atoms in total. The number of aryl methyl sites for hydroxylation is 2. The van der Waals surface area contributed by atoms with Gasteiger partial charge < -0.3 is 19.4 Å². The molecule has 0 saturated carbocycles. The Balaban J connectivity index is 0.00000125. The molecule has 0 saturated heterocycles. The molecular formula is C77H136N2Pd. The zero-order valence-electron chi connectivity index (χ0n) is 54.7. The van der Waals surface area contributed by atoms with Gasteiger partial charge in [0, 0.05) is 22.3 Å². The van der Waals surface area contributed by atoms with E-state index < -0.39 is 0 Å². The molecule has 0 amide bonds. The third kappa shape index (κ3) is 42.1. The number of rotatable bonds is 53. The van der Waals surface area contributed by atoms with Crippen molar-refractivity contribution < 1.29 is 25.1 Å². The predicted molar refractivity (Wildman–Crippen MR) is 358 cm³/mol. The number of hydrogen-bond donors (Lipinski definition) is 0. The summed E-state index contributed by atoms with van der Waals surface area (Å²) in [4.78, 5) is 0. The average molecular weight is 1200 g/mol. The van der Waals surface area contributed by atoms with Crippen molar-refractivity contribution in [1.29, 1.82) is 0 Å². The topological polar surface area (TPSA) is 25.3 Å². The first-order valence-corrected chi connectivity index (χ1v) is 35.7. The van der Waals surface area contributed by atoms with Gasteiger partial charge in [-0.25, -0.2) is 4.70 Å². The Morgan fingerprint density at radius 1 is 0.287 bits per heavy atom. The summed E-state index contributed by atoms with van der Waals surface area (Å²) in [5.74, 6) is 0. The normalized spacial score (nSPS) is 12.2. The Morgan fingerprint density at radius 2 is 0.512 bits per heavy atom. The number of benzene rings is 2. The van der Waals surface area contributed by atoms with Crippen LogP contribution in [0, 0.1) is 13.8 Å². The first-order chi connectivity index (χ1) is 39.0. The molecule has 1 aliphatic rings. The van der Waals surface area contributed by atoms with E-state index in [0.29, 0.717) is 0 Å². The molecule has 0 unspecified atom stereocenters. The third-order valence-electron chi connectivity index (χ3n) is 16.9. The van der Waals surface area contributed by atoms with Gasteiger partial charge in [-0.2, -0.15) is 12.8 Å². The van der Waals surface area contributed by atoms with Gasteiger partial charge in [0.1, 0.15) is 0 Å². The Bertz CT molecular complexity index is 1630. The number of hydrogen-bond acceptors (Lipinski definition) is 0. The van der Waals surface area contributed by atoms with Crippen LogP contribution in [0.15, 0.2) is 59.7 Å². The maximum atomic E-state index is 11.9. The van der Waals surface area contributed by atoms with Gasteiger partial charge in [0.15, 0.2) is 0 Å². The summed E-state index contributed by atoms with van der Waals surface area (Å²) < 4.78 is 1.56. The van der Waals surface area contributed by atoms with Crippen LogP contribution in [0.1, 0.15) is 391 Å². The van der Waals surface area contributed by atoms with E-state index in [9.17, 15) is 5.53 Å². The summed E-state index contributed by atoms with van der Waals surface area (Å²) in [5, 5.41) is 0. The zero-order chi connectivity index (χ0) is 57.3. The molecule has 0 N–H and O–H groups in total. The molecular weight excluding hydrogens is 1060 g/mol. The van der Waals surface area contributed by atoms with E-state index in [1.165, 1.54) is 324 Å². The molecule has 3 rings (SSSR count). The van der Waals surface area contributed by atoms with Crippen LogP contribution in [0.2, 0.25) is 0 Å². The van der Waals surface area contributed by atoms with Crippen LogP contribution < -0.4 is 0 Å². The monoisotopic (exact) mass is 1190 g/mol. The molecule has 3 heteroatoms. The van der Waals surface area contributed by atoms with Crippen molar-refractivity contribution in [2.75, 3.05) is 0 Å². The van der Waals surface area contributed by atoms with Crippen LogP contribution in [0.4, 0.5) is 0 Å². The Hall–Kier alpha value is -1.82. The van der Waals surface area contributed by atoms with E-state index in [1.54, 1.807) is 4.70 Å². The van der Waals surface area contributed by atoms with Crippen LogP contribution >= 0.6 is 0 Å². The van der Waals surface area contributed by atoms with Crippen LogP contribution in [0.5, 0.6) is 0 Å². The van der Waals surface area contributed by atoms with E-state index in [-0.39, 0.29) is 20.4 Å². The molecule has 0 bridgehead atoms. The van der Waals surface area contributed by atoms with Crippen molar-refractivity contribution in [2.45, 2.75) is 382 Å². The van der Waals surface area contributed by atoms with Crippen molar-refractivity contribution in [3.05, 3.63) is 101 Å². The number of allylic oxidation sites excluding steroid dienone is 2. The molecule has 0 aromatic heterocycles. The predicted octanol–water partition coefficient (Wildman–Crippen LogP) is 27.6. The summed E-state index contributed by atoms with van der Waals surface area (Å²) in [6.07, 6.45) is 72.2. The van der Waals surface area contributed by atoms with Crippen molar-refractivity contribution in [3.8, 4) is 0 Å². The van der Waals surface area contributed by atoms with E-state index >= 15 is 0 Å². The molecule has 2 aromatic rings. The second-order valence-corrected chi connectivity index (χ2v) is 24.6. The quantitative estimate of drug-likeness (QED) is 0.0273. The first-order valence-electron chi connectivity index (χ1n) is 35.7. The fourth-order valence-electron chi connectivity index (χ4n) is 11.8. The summed E-state index contributed by atoms with van der Waals surface area (Å²) in [7, 11) is 0. The van der Waals surface area contributed by atoms with Crippen molar-refractivity contribution >= 4 is 11.4 Å². The largest absolute Gasteiger partial charge is 2.00 e.